The van der Waals surface area contributed by atoms with Crippen molar-refractivity contribution in [1.82, 2.24) is 9.62 Å². The minimum absolute atomic E-state index is 0.000233. The van der Waals surface area contributed by atoms with Crippen LogP contribution in [0.5, 0.6) is 5.75 Å². The highest BCUT2D eigenvalue weighted by molar-refractivity contribution is 7.89. The molecule has 0 spiro atoms. The maximum Gasteiger partial charge on any atom is 0.252 e. The van der Waals surface area contributed by atoms with Crippen molar-refractivity contribution in [1.29, 1.82) is 0 Å². The van der Waals surface area contributed by atoms with E-state index in [2.05, 4.69) is 5.32 Å². The van der Waals surface area contributed by atoms with Crippen molar-refractivity contribution in [3.05, 3.63) is 58.9 Å². The topological polar surface area (TPSA) is 75.7 Å². The fourth-order valence-electron chi connectivity index (χ4n) is 2.29. The van der Waals surface area contributed by atoms with E-state index in [0.717, 1.165) is 4.31 Å². The number of ether oxygens (including phenoxy) is 1. The molecule has 6 nitrogen and oxygen atoms in total. The third-order valence-electron chi connectivity index (χ3n) is 3.90. The highest BCUT2D eigenvalue weighted by atomic mass is 35.5. The molecule has 0 radical (unpaired) electrons. The molecule has 0 atom stereocenters. The number of hydrogen-bond acceptors (Lipinski definition) is 4. The summed E-state index contributed by atoms with van der Waals surface area (Å²) < 4.78 is 43.8. The van der Waals surface area contributed by atoms with E-state index in [1.807, 2.05) is 0 Å². The van der Waals surface area contributed by atoms with Gasteiger partial charge in [0.25, 0.3) is 5.91 Å². The van der Waals surface area contributed by atoms with E-state index >= 15 is 0 Å². The van der Waals surface area contributed by atoms with Crippen molar-refractivity contribution in [2.45, 2.75) is 17.7 Å². The van der Waals surface area contributed by atoms with E-state index in [0.29, 0.717) is 31.7 Å². The molecule has 2 aromatic carbocycles. The molecule has 1 N–H and O–H groups in total. The number of rotatable bonds is 9. The van der Waals surface area contributed by atoms with E-state index in [-0.39, 0.29) is 21.3 Å². The number of unbranched alkanes of at least 4 members (excludes halogenated alkanes) is 1. The molecule has 28 heavy (non-hydrogen) atoms. The van der Waals surface area contributed by atoms with Gasteiger partial charge in [0, 0.05) is 20.6 Å². The molecule has 0 heterocycles. The first-order valence-electron chi connectivity index (χ1n) is 8.60. The van der Waals surface area contributed by atoms with Gasteiger partial charge in [-0.3, -0.25) is 4.79 Å². The molecular weight excluding hydrogens is 407 g/mol. The Balaban J connectivity index is 1.83. The van der Waals surface area contributed by atoms with Gasteiger partial charge in [0.2, 0.25) is 10.0 Å². The number of sulfonamides is 1. The molecule has 9 heteroatoms. The Hall–Kier alpha value is -2.16. The van der Waals surface area contributed by atoms with Crippen LogP contribution in [0, 0.1) is 5.82 Å². The number of nitrogens with one attached hydrogen (secondary N) is 1. The van der Waals surface area contributed by atoms with Crippen LogP contribution in [0.4, 0.5) is 4.39 Å². The van der Waals surface area contributed by atoms with E-state index in [1.165, 1.54) is 44.4 Å². The van der Waals surface area contributed by atoms with E-state index in [9.17, 15) is 17.6 Å². The first-order valence-corrected chi connectivity index (χ1v) is 10.4. The van der Waals surface area contributed by atoms with Crippen molar-refractivity contribution in [2.24, 2.45) is 0 Å². The Labute approximate surface area is 169 Å². The van der Waals surface area contributed by atoms with Gasteiger partial charge in [-0.25, -0.2) is 17.1 Å². The van der Waals surface area contributed by atoms with Gasteiger partial charge >= 0.3 is 0 Å². The van der Waals surface area contributed by atoms with Crippen LogP contribution in [0.1, 0.15) is 23.2 Å². The van der Waals surface area contributed by atoms with Gasteiger partial charge in [-0.05, 0) is 55.3 Å². The molecule has 2 rings (SSSR count). The van der Waals surface area contributed by atoms with Gasteiger partial charge in [-0.2, -0.15) is 0 Å². The number of carbonyl (C=O) groups excluding carboxylic acids is 1. The molecule has 0 bridgehead atoms. The van der Waals surface area contributed by atoms with E-state index in [4.69, 9.17) is 16.3 Å². The van der Waals surface area contributed by atoms with E-state index in [1.54, 1.807) is 12.1 Å². The summed E-state index contributed by atoms with van der Waals surface area (Å²) in [4.78, 5) is 12.3. The standard InChI is InChI=1S/C19H22ClFN2O4S/c1-23(2)28(25,26)16-9-10-18(20)17(13-16)19(24)22-11-3-4-12-27-15-7-5-14(21)6-8-15/h5-10,13H,3-4,11-12H2,1-2H3,(H,22,24). The quantitative estimate of drug-likeness (QED) is 0.621. The molecule has 0 aliphatic heterocycles. The summed E-state index contributed by atoms with van der Waals surface area (Å²) in [5, 5.41) is 2.89. The average Bonchev–Trinajstić information content (AvgIpc) is 2.65. The smallest absolute Gasteiger partial charge is 0.252 e. The number of hydrogen-bond donors (Lipinski definition) is 1. The highest BCUT2D eigenvalue weighted by Gasteiger charge is 2.20. The summed E-state index contributed by atoms with van der Waals surface area (Å²) in [5.74, 6) is -0.187. The number of nitrogens with zero attached hydrogens (tertiary/aromatic N) is 1. The SMILES string of the molecule is CN(C)S(=O)(=O)c1ccc(Cl)c(C(=O)NCCCCOc2ccc(F)cc2)c1. The van der Waals surface area contributed by atoms with Crippen LogP contribution in [0.25, 0.3) is 0 Å². The second-order valence-electron chi connectivity index (χ2n) is 6.19. The summed E-state index contributed by atoms with van der Waals surface area (Å²) in [6.07, 6.45) is 1.33. The average molecular weight is 429 g/mol. The Bertz CT molecular complexity index is 918. The minimum Gasteiger partial charge on any atom is -0.494 e. The second-order valence-corrected chi connectivity index (χ2v) is 8.75. The summed E-state index contributed by atoms with van der Waals surface area (Å²) in [6, 6.07) is 9.77. The van der Waals surface area contributed by atoms with Crippen molar-refractivity contribution in [3.8, 4) is 5.75 Å². The van der Waals surface area contributed by atoms with Crippen LogP contribution >= 0.6 is 11.6 Å². The van der Waals surface area contributed by atoms with Crippen LogP contribution < -0.4 is 10.1 Å². The normalized spacial score (nSPS) is 11.5. The lowest BCUT2D eigenvalue weighted by Crippen LogP contribution is -2.26. The zero-order valence-electron chi connectivity index (χ0n) is 15.6. The molecular formula is C19H22ClFN2O4S. The lowest BCUT2D eigenvalue weighted by molar-refractivity contribution is 0.0952. The Morgan fingerprint density at radius 3 is 2.46 bits per heavy atom. The maximum absolute atomic E-state index is 12.8. The van der Waals surface area contributed by atoms with Crippen molar-refractivity contribution in [3.63, 3.8) is 0 Å². The molecule has 2 aromatic rings. The second kappa shape index (κ2) is 9.86. The molecule has 0 saturated heterocycles. The molecule has 1 amide bonds. The lowest BCUT2D eigenvalue weighted by atomic mass is 10.2. The van der Waals surface area contributed by atoms with Gasteiger partial charge in [0.05, 0.1) is 22.1 Å². The molecule has 0 aromatic heterocycles. The predicted octanol–water partition coefficient (Wildman–Crippen LogP) is 3.32. The monoisotopic (exact) mass is 428 g/mol. The molecule has 152 valence electrons. The van der Waals surface area contributed by atoms with Crippen LogP contribution in [0.2, 0.25) is 5.02 Å². The predicted molar refractivity (Wildman–Crippen MR) is 106 cm³/mol. The molecule has 0 unspecified atom stereocenters. The molecule has 0 aliphatic carbocycles. The summed E-state index contributed by atoms with van der Waals surface area (Å²) in [7, 11) is -0.828. The third kappa shape index (κ3) is 5.92. The van der Waals surface area contributed by atoms with Crippen molar-refractivity contribution < 1.29 is 22.3 Å². The van der Waals surface area contributed by atoms with Crippen LogP contribution in [0.15, 0.2) is 47.4 Å². The zero-order chi connectivity index (χ0) is 20.7. The van der Waals surface area contributed by atoms with Crippen LogP contribution in [0.3, 0.4) is 0 Å². The molecule has 0 aliphatic rings. The molecule has 0 fully saturated rings. The van der Waals surface area contributed by atoms with Gasteiger partial charge in [-0.1, -0.05) is 11.6 Å². The van der Waals surface area contributed by atoms with E-state index < -0.39 is 15.9 Å². The number of amides is 1. The minimum atomic E-state index is -3.66. The van der Waals surface area contributed by atoms with Gasteiger partial charge in [-0.15, -0.1) is 0 Å². The number of carbonyl (C=O) groups is 1. The summed E-state index contributed by atoms with van der Waals surface area (Å²) in [5.41, 5.74) is 0.104. The van der Waals surface area contributed by atoms with Crippen LogP contribution in [-0.2, 0) is 10.0 Å². The third-order valence-corrected chi connectivity index (χ3v) is 6.04. The first-order chi connectivity index (χ1) is 13.2. The fourth-order valence-corrected chi connectivity index (χ4v) is 3.43. The number of halogens is 2. The highest BCUT2D eigenvalue weighted by Crippen LogP contribution is 2.22. The van der Waals surface area contributed by atoms with Gasteiger partial charge in [0.15, 0.2) is 0 Å². The Kier molecular flexibility index (Phi) is 7.79. The maximum atomic E-state index is 12.8. The molecule has 0 saturated carbocycles. The Morgan fingerprint density at radius 1 is 1.14 bits per heavy atom. The van der Waals surface area contributed by atoms with Gasteiger partial charge in [0.1, 0.15) is 11.6 Å². The summed E-state index contributed by atoms with van der Waals surface area (Å²) in [6.45, 7) is 0.811. The van der Waals surface area contributed by atoms with Crippen LogP contribution in [-0.4, -0.2) is 45.9 Å². The first kappa shape index (κ1) is 22.1. The van der Waals surface area contributed by atoms with Gasteiger partial charge < -0.3 is 10.1 Å². The summed E-state index contributed by atoms with van der Waals surface area (Å²) >= 11 is 6.05. The van der Waals surface area contributed by atoms with Crippen molar-refractivity contribution >= 4 is 27.5 Å². The Morgan fingerprint density at radius 2 is 1.82 bits per heavy atom. The largest absolute Gasteiger partial charge is 0.494 e. The van der Waals surface area contributed by atoms with Crippen molar-refractivity contribution in [2.75, 3.05) is 27.2 Å². The lowest BCUT2D eigenvalue weighted by Gasteiger charge is -2.13. The zero-order valence-corrected chi connectivity index (χ0v) is 17.2. The number of benzene rings is 2. The fraction of sp³-hybridized carbons (Fsp3) is 0.316.